The molecule has 0 bridgehead atoms. The van der Waals surface area contributed by atoms with Gasteiger partial charge in [0.05, 0.1) is 17.2 Å². The van der Waals surface area contributed by atoms with E-state index >= 15 is 0 Å². The van der Waals surface area contributed by atoms with Gasteiger partial charge >= 0.3 is 0 Å². The molecule has 13 heavy (non-hydrogen) atoms. The van der Waals surface area contributed by atoms with Crippen LogP contribution in [0.3, 0.4) is 0 Å². The molecule has 0 atom stereocenters. The molecule has 0 aliphatic carbocycles. The summed E-state index contributed by atoms with van der Waals surface area (Å²) in [6.45, 7) is 0. The van der Waals surface area contributed by atoms with Crippen LogP contribution >= 0.6 is 0 Å². The quantitative estimate of drug-likeness (QED) is 0.499. The summed E-state index contributed by atoms with van der Waals surface area (Å²) < 4.78 is 1.76. The standard InChI is InChI=1S/C11H6N2/c1-2-6-10-9(5-1)11-7-3-4-8-13(11)12-10/h2-7H. The van der Waals surface area contributed by atoms with E-state index in [9.17, 15) is 0 Å². The van der Waals surface area contributed by atoms with Crippen molar-refractivity contribution in [2.75, 3.05) is 0 Å². The van der Waals surface area contributed by atoms with Crippen LogP contribution in [0.25, 0.3) is 16.4 Å². The minimum atomic E-state index is 0.987. The first-order chi connectivity index (χ1) is 6.45. The second-order valence-electron chi connectivity index (χ2n) is 2.90. The van der Waals surface area contributed by atoms with Gasteiger partial charge in [-0.1, -0.05) is 12.1 Å². The molecule has 2 heteroatoms. The maximum absolute atomic E-state index is 4.36. The molecule has 0 fully saturated rings. The first-order valence-electron chi connectivity index (χ1n) is 4.10. The van der Waals surface area contributed by atoms with Crippen molar-refractivity contribution >= 4 is 16.4 Å². The average Bonchev–Trinajstić information content (AvgIpc) is 2.56. The van der Waals surface area contributed by atoms with E-state index in [0.717, 1.165) is 16.4 Å². The van der Waals surface area contributed by atoms with Gasteiger partial charge in [-0.25, -0.2) is 4.52 Å². The SMILES string of the molecule is [c]1ccc2nn3[c]cccc3c2c1. The molecular formula is C11H6N2. The molecular weight excluding hydrogens is 160 g/mol. The first-order valence-corrected chi connectivity index (χ1v) is 4.10. The highest BCUT2D eigenvalue weighted by atomic mass is 15.2. The number of hydrogen-bond acceptors (Lipinski definition) is 1. The molecule has 2 nitrogen and oxygen atoms in total. The van der Waals surface area contributed by atoms with Gasteiger partial charge in [-0.2, -0.15) is 5.10 Å². The molecule has 0 amide bonds. The van der Waals surface area contributed by atoms with Crippen LogP contribution in [-0.2, 0) is 0 Å². The summed E-state index contributed by atoms with van der Waals surface area (Å²) in [4.78, 5) is 0. The van der Waals surface area contributed by atoms with Crippen LogP contribution < -0.4 is 0 Å². The van der Waals surface area contributed by atoms with Crippen LogP contribution in [0.15, 0.2) is 36.4 Å². The number of nitrogens with zero attached hydrogens (tertiary/aromatic N) is 2. The Bertz CT molecular complexity index is 516. The van der Waals surface area contributed by atoms with Gasteiger partial charge in [-0.05, 0) is 30.3 Å². The zero-order valence-electron chi connectivity index (χ0n) is 6.86. The van der Waals surface area contributed by atoms with Crippen molar-refractivity contribution in [3.05, 3.63) is 48.7 Å². The molecule has 0 aliphatic heterocycles. The van der Waals surface area contributed by atoms with E-state index in [4.69, 9.17) is 0 Å². The average molecular weight is 166 g/mol. The van der Waals surface area contributed by atoms with Crippen molar-refractivity contribution in [1.29, 1.82) is 0 Å². The van der Waals surface area contributed by atoms with Crippen LogP contribution in [-0.4, -0.2) is 9.61 Å². The minimum Gasteiger partial charge on any atom is -0.230 e. The van der Waals surface area contributed by atoms with Gasteiger partial charge in [0.1, 0.15) is 0 Å². The maximum Gasteiger partial charge on any atom is 0.0934 e. The Morgan fingerprint density at radius 3 is 3.23 bits per heavy atom. The summed E-state index contributed by atoms with van der Waals surface area (Å²) in [7, 11) is 0. The first kappa shape index (κ1) is 6.66. The molecule has 3 aromatic rings. The normalized spacial score (nSPS) is 11.1. The third-order valence-electron chi connectivity index (χ3n) is 2.10. The lowest BCUT2D eigenvalue weighted by atomic mass is 10.2. The second kappa shape index (κ2) is 2.33. The van der Waals surface area contributed by atoms with Gasteiger partial charge in [0, 0.05) is 5.39 Å². The van der Waals surface area contributed by atoms with Crippen molar-refractivity contribution in [2.24, 2.45) is 0 Å². The smallest absolute Gasteiger partial charge is 0.0934 e. The summed E-state index contributed by atoms with van der Waals surface area (Å²) in [5.74, 6) is 0. The molecule has 3 rings (SSSR count). The van der Waals surface area contributed by atoms with E-state index in [0.29, 0.717) is 0 Å². The number of hydrogen-bond donors (Lipinski definition) is 0. The van der Waals surface area contributed by atoms with Crippen LogP contribution in [0.4, 0.5) is 0 Å². The topological polar surface area (TPSA) is 17.3 Å². The fraction of sp³-hybridized carbons (Fsp3) is 0. The number of fused-ring (bicyclic) bond motifs is 3. The fourth-order valence-electron chi connectivity index (χ4n) is 1.50. The Labute approximate surface area is 75.4 Å². The fourth-order valence-corrected chi connectivity index (χ4v) is 1.50. The zero-order valence-corrected chi connectivity index (χ0v) is 6.86. The summed E-state index contributed by atoms with van der Waals surface area (Å²) in [5, 5.41) is 5.48. The minimum absolute atomic E-state index is 0.987. The Hall–Kier alpha value is -1.83. The molecule has 0 aliphatic rings. The monoisotopic (exact) mass is 166 g/mol. The van der Waals surface area contributed by atoms with Crippen LogP contribution in [0.5, 0.6) is 0 Å². The van der Waals surface area contributed by atoms with E-state index < -0.39 is 0 Å². The maximum atomic E-state index is 4.36. The van der Waals surface area contributed by atoms with Crippen LogP contribution in [0.1, 0.15) is 0 Å². The van der Waals surface area contributed by atoms with Gasteiger partial charge in [0.25, 0.3) is 0 Å². The number of benzene rings is 1. The van der Waals surface area contributed by atoms with Gasteiger partial charge in [-0.15, -0.1) is 0 Å². The molecule has 0 saturated heterocycles. The molecule has 1 aromatic carbocycles. The molecule has 2 heterocycles. The third-order valence-corrected chi connectivity index (χ3v) is 2.10. The van der Waals surface area contributed by atoms with Gasteiger partial charge in [-0.3, -0.25) is 0 Å². The lowest BCUT2D eigenvalue weighted by Crippen LogP contribution is -1.83. The highest BCUT2D eigenvalue weighted by Gasteiger charge is 2.01. The summed E-state index contributed by atoms with van der Waals surface area (Å²) >= 11 is 0. The molecule has 60 valence electrons. The van der Waals surface area contributed by atoms with Crippen molar-refractivity contribution in [1.82, 2.24) is 9.61 Å². The molecule has 2 aromatic heterocycles. The number of aromatic nitrogens is 2. The Balaban J connectivity index is 2.64. The van der Waals surface area contributed by atoms with Crippen molar-refractivity contribution in [3.63, 3.8) is 0 Å². The van der Waals surface area contributed by atoms with E-state index in [1.54, 1.807) is 4.52 Å². The Morgan fingerprint density at radius 1 is 1.23 bits per heavy atom. The summed E-state index contributed by atoms with van der Waals surface area (Å²) in [6, 6.07) is 14.7. The number of pyridine rings is 1. The Morgan fingerprint density at radius 2 is 2.23 bits per heavy atom. The summed E-state index contributed by atoms with van der Waals surface area (Å²) in [6.07, 6.45) is 3.03. The predicted molar refractivity (Wildman–Crippen MR) is 50.4 cm³/mol. The predicted octanol–water partition coefficient (Wildman–Crippen LogP) is 2.09. The van der Waals surface area contributed by atoms with Crippen molar-refractivity contribution in [3.8, 4) is 0 Å². The number of rotatable bonds is 0. The third kappa shape index (κ3) is 0.855. The van der Waals surface area contributed by atoms with E-state index in [-0.39, 0.29) is 0 Å². The highest BCUT2D eigenvalue weighted by molar-refractivity contribution is 5.93. The van der Waals surface area contributed by atoms with Crippen molar-refractivity contribution in [2.45, 2.75) is 0 Å². The molecule has 0 saturated carbocycles. The molecule has 0 spiro atoms. The molecule has 2 radical (unpaired) electrons. The lowest BCUT2D eigenvalue weighted by molar-refractivity contribution is 0.973. The Kier molecular flexibility index (Phi) is 1.19. The highest BCUT2D eigenvalue weighted by Crippen LogP contribution is 2.17. The van der Waals surface area contributed by atoms with Crippen LogP contribution in [0, 0.1) is 12.3 Å². The second-order valence-corrected chi connectivity index (χ2v) is 2.90. The van der Waals surface area contributed by atoms with E-state index in [2.05, 4.69) is 17.4 Å². The van der Waals surface area contributed by atoms with E-state index in [1.807, 2.05) is 36.4 Å². The van der Waals surface area contributed by atoms with Gasteiger partial charge in [0.2, 0.25) is 0 Å². The molecule has 0 N–H and O–H groups in total. The van der Waals surface area contributed by atoms with Gasteiger partial charge in [0.15, 0.2) is 0 Å². The van der Waals surface area contributed by atoms with Crippen molar-refractivity contribution < 1.29 is 0 Å². The largest absolute Gasteiger partial charge is 0.230 e. The summed E-state index contributed by atoms with van der Waals surface area (Å²) in [5.41, 5.74) is 2.07. The molecule has 0 unspecified atom stereocenters. The zero-order chi connectivity index (χ0) is 8.67. The van der Waals surface area contributed by atoms with Gasteiger partial charge < -0.3 is 0 Å². The lowest BCUT2D eigenvalue weighted by Gasteiger charge is -1.87. The van der Waals surface area contributed by atoms with Crippen LogP contribution in [0.2, 0.25) is 0 Å². The van der Waals surface area contributed by atoms with E-state index in [1.165, 1.54) is 0 Å².